The number of rotatable bonds is 7. The van der Waals surface area contributed by atoms with Crippen LogP contribution in [0.15, 0.2) is 67.4 Å². The van der Waals surface area contributed by atoms with E-state index in [4.69, 9.17) is 4.74 Å². The molecule has 2 aromatic heterocycles. The van der Waals surface area contributed by atoms with Crippen molar-refractivity contribution in [1.29, 1.82) is 0 Å². The number of benzene rings is 2. The quantitative estimate of drug-likeness (QED) is 0.295. The molecule has 0 saturated carbocycles. The Morgan fingerprint density at radius 3 is 2.68 bits per heavy atom. The van der Waals surface area contributed by atoms with E-state index in [0.717, 1.165) is 26.2 Å². The minimum Gasteiger partial charge on any atom is -0.438 e. The first-order valence-electron chi connectivity index (χ1n) is 11.5. The van der Waals surface area contributed by atoms with Gasteiger partial charge < -0.3 is 30.2 Å². The predicted molar refractivity (Wildman–Crippen MR) is 146 cm³/mol. The van der Waals surface area contributed by atoms with Gasteiger partial charge in [0.05, 0.1) is 11.1 Å². The number of hydrogen-bond acceptors (Lipinski definition) is 7. The number of likely N-dealkylation sites (N-methyl/N-ethyl adjacent to an activating group) is 1. The highest BCUT2D eigenvalue weighted by Gasteiger charge is 2.18. The molecule has 1 amide bonds. The van der Waals surface area contributed by atoms with Gasteiger partial charge in [-0.2, -0.15) is 9.97 Å². The maximum Gasteiger partial charge on any atom is 0.247 e. The smallest absolute Gasteiger partial charge is 0.247 e. The molecule has 1 fully saturated rings. The van der Waals surface area contributed by atoms with Gasteiger partial charge in [-0.05, 0) is 49.5 Å². The Morgan fingerprint density at radius 1 is 1.11 bits per heavy atom. The molecule has 0 unspecified atom stereocenters. The van der Waals surface area contributed by atoms with Gasteiger partial charge in [-0.15, -0.1) is 12.4 Å². The second-order valence-electron chi connectivity index (χ2n) is 8.50. The van der Waals surface area contributed by atoms with E-state index in [1.54, 1.807) is 36.5 Å². The minimum atomic E-state index is -0.320. The molecule has 1 saturated heterocycles. The van der Waals surface area contributed by atoms with Crippen LogP contribution in [0.25, 0.3) is 11.0 Å². The largest absolute Gasteiger partial charge is 0.438 e. The van der Waals surface area contributed by atoms with Gasteiger partial charge in [0, 0.05) is 49.8 Å². The molecule has 9 nitrogen and oxygen atoms in total. The van der Waals surface area contributed by atoms with Crippen LogP contribution in [0.3, 0.4) is 0 Å². The van der Waals surface area contributed by atoms with E-state index in [0.29, 0.717) is 39.7 Å². The van der Waals surface area contributed by atoms with Gasteiger partial charge in [-0.25, -0.2) is 4.39 Å². The molecule has 0 bridgehead atoms. The van der Waals surface area contributed by atoms with Crippen molar-refractivity contribution >= 4 is 52.4 Å². The summed E-state index contributed by atoms with van der Waals surface area (Å²) in [7, 11) is 2.07. The van der Waals surface area contributed by atoms with E-state index in [1.165, 1.54) is 12.1 Å². The number of aromatic nitrogens is 3. The van der Waals surface area contributed by atoms with Gasteiger partial charge in [-0.1, -0.05) is 12.6 Å². The van der Waals surface area contributed by atoms with Crippen LogP contribution in [0, 0.1) is 5.82 Å². The predicted octanol–water partition coefficient (Wildman–Crippen LogP) is 4.93. The van der Waals surface area contributed by atoms with Crippen molar-refractivity contribution in [3.05, 3.63) is 73.2 Å². The van der Waals surface area contributed by atoms with E-state index in [-0.39, 0.29) is 30.1 Å². The number of amides is 1. The molecule has 3 heterocycles. The van der Waals surface area contributed by atoms with Crippen molar-refractivity contribution in [3.8, 4) is 11.6 Å². The number of nitrogens with zero attached hydrogens (tertiary/aromatic N) is 4. The molecule has 192 valence electrons. The van der Waals surface area contributed by atoms with Crippen molar-refractivity contribution in [2.45, 2.75) is 0 Å². The summed E-state index contributed by atoms with van der Waals surface area (Å²) < 4.78 is 21.0. The van der Waals surface area contributed by atoms with E-state index in [9.17, 15) is 9.18 Å². The third-order valence-corrected chi connectivity index (χ3v) is 5.93. The van der Waals surface area contributed by atoms with Crippen LogP contribution < -0.4 is 20.3 Å². The molecule has 0 atom stereocenters. The molecule has 3 N–H and O–H groups in total. The fourth-order valence-corrected chi connectivity index (χ4v) is 4.01. The lowest BCUT2D eigenvalue weighted by molar-refractivity contribution is -0.111. The Morgan fingerprint density at radius 2 is 1.92 bits per heavy atom. The monoisotopic (exact) mass is 523 g/mol. The summed E-state index contributed by atoms with van der Waals surface area (Å²) >= 11 is 0. The maximum atomic E-state index is 15.0. The minimum absolute atomic E-state index is 0. The number of H-pyrrole nitrogens is 1. The third-order valence-electron chi connectivity index (χ3n) is 5.93. The number of aromatic amines is 1. The van der Waals surface area contributed by atoms with Crippen LogP contribution in [-0.2, 0) is 4.79 Å². The van der Waals surface area contributed by atoms with Gasteiger partial charge in [-0.3, -0.25) is 4.79 Å². The molecule has 4 aromatic rings. The lowest BCUT2D eigenvalue weighted by atomic mass is 10.2. The fourth-order valence-electron chi connectivity index (χ4n) is 4.01. The Kier molecular flexibility index (Phi) is 7.90. The molecule has 11 heteroatoms. The van der Waals surface area contributed by atoms with Crippen molar-refractivity contribution in [2.75, 3.05) is 48.8 Å². The Hall–Kier alpha value is -4.15. The zero-order valence-corrected chi connectivity index (χ0v) is 21.0. The summed E-state index contributed by atoms with van der Waals surface area (Å²) in [4.78, 5) is 28.0. The number of piperazine rings is 1. The lowest BCUT2D eigenvalue weighted by Gasteiger charge is -2.34. The summed E-state index contributed by atoms with van der Waals surface area (Å²) in [6, 6.07) is 13.8. The van der Waals surface area contributed by atoms with Crippen LogP contribution in [0.5, 0.6) is 11.6 Å². The number of ether oxygens (including phenoxy) is 1. The standard InChI is InChI=1S/C26H26FN7O2.ClH/c1-3-23(35)29-17-5-4-6-19(15-17)36-25-20-9-10-28-24(20)31-26(32-25)30-18-7-8-22(21(27)16-18)34-13-11-33(2)12-14-34;/h3-10,15-16H,1,11-14H2,2H3,(H,29,35)(H2,28,30,31,32);1H. The molecule has 2 aromatic carbocycles. The molecule has 5 rings (SSSR count). The Balaban J connectivity index is 0.00000320. The van der Waals surface area contributed by atoms with Crippen molar-refractivity contribution in [3.63, 3.8) is 0 Å². The molecule has 1 aliphatic rings. The summed E-state index contributed by atoms with van der Waals surface area (Å²) in [5.41, 5.74) is 2.23. The van der Waals surface area contributed by atoms with Crippen LogP contribution >= 0.6 is 12.4 Å². The first-order valence-corrected chi connectivity index (χ1v) is 11.5. The van der Waals surface area contributed by atoms with E-state index < -0.39 is 0 Å². The van der Waals surface area contributed by atoms with E-state index in [2.05, 4.69) is 49.0 Å². The third kappa shape index (κ3) is 5.99. The highest BCUT2D eigenvalue weighted by molar-refractivity contribution is 5.99. The van der Waals surface area contributed by atoms with Crippen molar-refractivity contribution < 1.29 is 13.9 Å². The zero-order chi connectivity index (χ0) is 25.1. The summed E-state index contributed by atoms with van der Waals surface area (Å²) in [5.74, 6) is 0.416. The van der Waals surface area contributed by atoms with Crippen molar-refractivity contribution in [1.82, 2.24) is 19.9 Å². The summed E-state index contributed by atoms with van der Waals surface area (Å²) in [6.07, 6.45) is 2.93. The topological polar surface area (TPSA) is 98.4 Å². The Labute approximate surface area is 219 Å². The first-order chi connectivity index (χ1) is 17.5. The average Bonchev–Trinajstić information content (AvgIpc) is 3.34. The molecule has 1 aliphatic heterocycles. The molecule has 0 radical (unpaired) electrons. The molecular weight excluding hydrogens is 497 g/mol. The molecule has 37 heavy (non-hydrogen) atoms. The normalized spacial score (nSPS) is 13.6. The maximum absolute atomic E-state index is 15.0. The summed E-state index contributed by atoms with van der Waals surface area (Å²) in [5, 5.41) is 6.46. The zero-order valence-electron chi connectivity index (χ0n) is 20.2. The molecule has 0 aliphatic carbocycles. The second-order valence-corrected chi connectivity index (χ2v) is 8.50. The highest BCUT2D eigenvalue weighted by atomic mass is 35.5. The second kappa shape index (κ2) is 11.3. The number of hydrogen-bond donors (Lipinski definition) is 3. The van der Waals surface area contributed by atoms with E-state index in [1.807, 2.05) is 12.1 Å². The summed E-state index contributed by atoms with van der Waals surface area (Å²) in [6.45, 7) is 6.82. The fraction of sp³-hybridized carbons (Fsp3) is 0.192. The SMILES string of the molecule is C=CC(=O)Nc1cccc(Oc2nc(Nc3ccc(N4CCN(C)CC4)c(F)c3)nc3[nH]ccc23)c1.Cl. The number of fused-ring (bicyclic) bond motifs is 1. The van der Waals surface area contributed by atoms with Gasteiger partial charge in [0.25, 0.3) is 0 Å². The van der Waals surface area contributed by atoms with E-state index >= 15 is 0 Å². The lowest BCUT2D eigenvalue weighted by Crippen LogP contribution is -2.44. The van der Waals surface area contributed by atoms with Gasteiger partial charge >= 0.3 is 0 Å². The van der Waals surface area contributed by atoms with Crippen LogP contribution in [0.4, 0.5) is 27.4 Å². The highest BCUT2D eigenvalue weighted by Crippen LogP contribution is 2.31. The molecule has 0 spiro atoms. The Bertz CT molecular complexity index is 1420. The number of carbonyl (C=O) groups is 1. The van der Waals surface area contributed by atoms with Gasteiger partial charge in [0.1, 0.15) is 17.2 Å². The first kappa shape index (κ1) is 25.9. The van der Waals surface area contributed by atoms with Gasteiger partial charge in [0.15, 0.2) is 0 Å². The number of nitrogens with one attached hydrogen (secondary N) is 3. The average molecular weight is 524 g/mol. The molecular formula is C26H27ClFN7O2. The van der Waals surface area contributed by atoms with Crippen molar-refractivity contribution in [2.24, 2.45) is 0 Å². The number of anilines is 4. The number of carbonyl (C=O) groups excluding carboxylic acids is 1. The number of halogens is 2. The van der Waals surface area contributed by atoms with Gasteiger partial charge in [0.2, 0.25) is 17.7 Å². The van der Waals surface area contributed by atoms with Crippen LogP contribution in [-0.4, -0.2) is 59.0 Å². The van der Waals surface area contributed by atoms with Crippen LogP contribution in [0.2, 0.25) is 0 Å². The van der Waals surface area contributed by atoms with Crippen LogP contribution in [0.1, 0.15) is 0 Å².